The number of esters is 1. The zero-order valence-corrected chi connectivity index (χ0v) is 36.1. The maximum atomic E-state index is 14.9. The van der Waals surface area contributed by atoms with Gasteiger partial charge in [0.1, 0.15) is 11.9 Å². The second-order valence-corrected chi connectivity index (χ2v) is 26.6. The number of ketones is 1. The number of fused-ring (bicyclic) bond motifs is 1. The first-order chi connectivity index (χ1) is 23.0. The van der Waals surface area contributed by atoms with E-state index in [9.17, 15) is 9.59 Å². The molecule has 2 aliphatic rings. The van der Waals surface area contributed by atoms with Gasteiger partial charge in [0.15, 0.2) is 16.6 Å². The molecule has 49 heavy (non-hydrogen) atoms. The highest BCUT2D eigenvalue weighted by Crippen LogP contribution is 2.42. The lowest BCUT2D eigenvalue weighted by Crippen LogP contribution is -2.53. The highest BCUT2D eigenvalue weighted by molar-refractivity contribution is 7.09. The third kappa shape index (κ3) is 10.2. The maximum absolute atomic E-state index is 14.9. The molecule has 7 atom stereocenters. The second-order valence-electron chi connectivity index (χ2n) is 16.1. The van der Waals surface area contributed by atoms with Crippen LogP contribution in [0.2, 0.25) is 36.3 Å². The minimum Gasteiger partial charge on any atom is -0.458 e. The number of hydrogen-bond acceptors (Lipinski definition) is 8. The quantitative estimate of drug-likeness (QED) is 0.130. The summed E-state index contributed by atoms with van der Waals surface area (Å²) in [6.45, 7) is 28.1. The van der Waals surface area contributed by atoms with Crippen molar-refractivity contribution >= 4 is 45.8 Å². The van der Waals surface area contributed by atoms with Gasteiger partial charge in [0, 0.05) is 34.7 Å². The molecule has 0 unspecified atom stereocenters. The molecule has 0 spiro atoms. The van der Waals surface area contributed by atoms with Crippen molar-refractivity contribution in [3.8, 4) is 0 Å². The SMILES string of the molecule is CC[Si](CC)(CC)O[C@H]1[C@@H](C)CCC[C@@]2(C)N[C@H]2C[C@@H](/C(C)=C/c2csc(C)n2)OC(=O)C[C@H](O[Si](CC)(CC)CC)C(C)(C)C(=O)[C@@H]1C. The molecule has 7 nitrogen and oxygen atoms in total. The molecule has 1 aromatic rings. The number of carbonyl (C=O) groups is 2. The second kappa shape index (κ2) is 17.6. The van der Waals surface area contributed by atoms with Crippen LogP contribution in [0.15, 0.2) is 11.0 Å². The third-order valence-electron chi connectivity index (χ3n) is 12.7. The normalized spacial score (nSPS) is 30.9. The van der Waals surface area contributed by atoms with Gasteiger partial charge in [-0.3, -0.25) is 9.59 Å². The summed E-state index contributed by atoms with van der Waals surface area (Å²) < 4.78 is 20.8. The predicted octanol–water partition coefficient (Wildman–Crippen LogP) is 10.1. The van der Waals surface area contributed by atoms with E-state index in [-0.39, 0.29) is 47.7 Å². The third-order valence-corrected chi connectivity index (χ3v) is 22.8. The van der Waals surface area contributed by atoms with Gasteiger partial charge in [-0.25, -0.2) is 4.98 Å². The molecule has 0 aliphatic carbocycles. The van der Waals surface area contributed by atoms with Gasteiger partial charge in [0.25, 0.3) is 0 Å². The molecule has 0 aromatic carbocycles. The number of hydrogen-bond donors (Lipinski definition) is 1. The minimum absolute atomic E-state index is 0.00623. The monoisotopic (exact) mass is 734 g/mol. The van der Waals surface area contributed by atoms with E-state index >= 15 is 0 Å². The van der Waals surface area contributed by atoms with Gasteiger partial charge in [-0.15, -0.1) is 11.3 Å². The summed E-state index contributed by atoms with van der Waals surface area (Å²) in [6.07, 6.45) is 4.76. The number of Topliss-reactive ketones (excluding diaryl/α,β-unsaturated/α-hetero) is 1. The van der Waals surface area contributed by atoms with Gasteiger partial charge < -0.3 is 18.9 Å². The molecule has 0 saturated carbocycles. The van der Waals surface area contributed by atoms with Crippen molar-refractivity contribution in [2.24, 2.45) is 17.3 Å². The summed E-state index contributed by atoms with van der Waals surface area (Å²) in [5.74, 6) is -0.255. The largest absolute Gasteiger partial charge is 0.458 e. The molecule has 0 amide bonds. The standard InChI is InChI=1S/C39H70N2O5SSi2/c1-14-48(15-2,16-3)45-34-25-35(42)44-32(28(8)23-31-26-47-30(10)40-31)24-33-39(13,41-33)22-20-21-27(7)36(29(9)37(43)38(34,11)12)46-49(17-4,18-5)19-6/h23,26-27,29,32-34,36,41H,14-22,24-25H2,1-13H3/b28-23+/t27-,29+,32-,33-,34-,36-,39+/m0/s1. The summed E-state index contributed by atoms with van der Waals surface area (Å²) >= 11 is 1.62. The van der Waals surface area contributed by atoms with Gasteiger partial charge in [-0.2, -0.15) is 0 Å². The Hall–Kier alpha value is -1.18. The van der Waals surface area contributed by atoms with Crippen molar-refractivity contribution < 1.29 is 23.2 Å². The lowest BCUT2D eigenvalue weighted by atomic mass is 9.73. The van der Waals surface area contributed by atoms with E-state index < -0.39 is 34.3 Å². The van der Waals surface area contributed by atoms with Gasteiger partial charge in [0.2, 0.25) is 0 Å². The molecular weight excluding hydrogens is 665 g/mol. The molecule has 2 aliphatic heterocycles. The van der Waals surface area contributed by atoms with E-state index in [1.54, 1.807) is 11.3 Å². The predicted molar refractivity (Wildman–Crippen MR) is 210 cm³/mol. The van der Waals surface area contributed by atoms with Crippen LogP contribution in [0.4, 0.5) is 0 Å². The molecule has 2 saturated heterocycles. The van der Waals surface area contributed by atoms with Crippen molar-refractivity contribution in [2.45, 2.75) is 188 Å². The molecule has 0 radical (unpaired) electrons. The lowest BCUT2D eigenvalue weighted by Gasteiger charge is -2.44. The van der Waals surface area contributed by atoms with E-state index in [4.69, 9.17) is 13.6 Å². The van der Waals surface area contributed by atoms with Crippen molar-refractivity contribution in [1.82, 2.24) is 10.3 Å². The Labute approximate surface area is 305 Å². The summed E-state index contributed by atoms with van der Waals surface area (Å²) in [5.41, 5.74) is 0.973. The van der Waals surface area contributed by atoms with Crippen molar-refractivity contribution in [2.75, 3.05) is 0 Å². The first-order valence-corrected chi connectivity index (χ1v) is 25.4. The summed E-state index contributed by atoms with van der Waals surface area (Å²) in [4.78, 5) is 33.7. The van der Waals surface area contributed by atoms with Crippen molar-refractivity contribution in [3.05, 3.63) is 21.7 Å². The van der Waals surface area contributed by atoms with Crippen molar-refractivity contribution in [1.29, 1.82) is 0 Å². The number of nitrogens with one attached hydrogen (secondary N) is 1. The van der Waals surface area contributed by atoms with Crippen LogP contribution < -0.4 is 5.32 Å². The number of thiazole rings is 1. The van der Waals surface area contributed by atoms with E-state index in [1.807, 2.05) is 33.1 Å². The number of nitrogens with zero attached hydrogens (tertiary/aromatic N) is 1. The molecule has 0 bridgehead atoms. The fourth-order valence-electron chi connectivity index (χ4n) is 8.19. The Bertz CT molecular complexity index is 1260. The Kier molecular flexibility index (Phi) is 15.1. The van der Waals surface area contributed by atoms with Crippen LogP contribution in [0.25, 0.3) is 6.08 Å². The van der Waals surface area contributed by atoms with Gasteiger partial charge in [-0.05, 0) is 87.4 Å². The Morgan fingerprint density at radius 1 is 1.00 bits per heavy atom. The lowest BCUT2D eigenvalue weighted by molar-refractivity contribution is -0.153. The smallest absolute Gasteiger partial charge is 0.309 e. The fraction of sp³-hybridized carbons (Fsp3) is 0.821. The van der Waals surface area contributed by atoms with Crippen LogP contribution in [0.5, 0.6) is 0 Å². The molecule has 3 heterocycles. The van der Waals surface area contributed by atoms with E-state index in [0.29, 0.717) is 6.42 Å². The van der Waals surface area contributed by atoms with E-state index in [2.05, 4.69) is 78.7 Å². The fourth-order valence-corrected chi connectivity index (χ4v) is 14.8. The number of carbonyl (C=O) groups excluding carboxylic acids is 2. The number of cyclic esters (lactones) is 1. The highest BCUT2D eigenvalue weighted by Gasteiger charge is 2.51. The zero-order valence-electron chi connectivity index (χ0n) is 33.3. The average Bonchev–Trinajstić information content (AvgIpc) is 3.52. The zero-order chi connectivity index (χ0) is 36.8. The van der Waals surface area contributed by atoms with Crippen LogP contribution in [0.3, 0.4) is 0 Å². The first kappa shape index (κ1) is 42.2. The first-order valence-electron chi connectivity index (χ1n) is 19.4. The van der Waals surface area contributed by atoms with Gasteiger partial charge >= 0.3 is 5.97 Å². The highest BCUT2D eigenvalue weighted by atomic mass is 32.1. The Morgan fingerprint density at radius 3 is 2.10 bits per heavy atom. The molecule has 280 valence electrons. The summed E-state index contributed by atoms with van der Waals surface area (Å²) in [6, 6.07) is 6.21. The maximum Gasteiger partial charge on any atom is 0.309 e. The van der Waals surface area contributed by atoms with Crippen LogP contribution >= 0.6 is 11.3 Å². The molecular formula is C39H70N2O5SSi2. The van der Waals surface area contributed by atoms with Crippen LogP contribution in [0.1, 0.15) is 126 Å². The average molecular weight is 735 g/mol. The van der Waals surface area contributed by atoms with Crippen LogP contribution in [-0.4, -0.2) is 63.3 Å². The van der Waals surface area contributed by atoms with E-state index in [1.165, 1.54) is 0 Å². The molecule has 1 N–H and O–H groups in total. The molecule has 10 heteroatoms. The topological polar surface area (TPSA) is 96.7 Å². The molecule has 3 rings (SSSR count). The molecule has 2 fully saturated rings. The number of aryl methyl sites for hydroxylation is 1. The number of ether oxygens (including phenoxy) is 1. The minimum atomic E-state index is -2.20. The van der Waals surface area contributed by atoms with Gasteiger partial charge in [-0.1, -0.05) is 75.7 Å². The van der Waals surface area contributed by atoms with Crippen LogP contribution in [0, 0.1) is 24.2 Å². The van der Waals surface area contributed by atoms with Crippen LogP contribution in [-0.2, 0) is 23.2 Å². The summed E-state index contributed by atoms with van der Waals surface area (Å²) in [5, 5.41) is 6.82. The summed E-state index contributed by atoms with van der Waals surface area (Å²) in [7, 11) is -4.21. The Morgan fingerprint density at radius 2 is 1.57 bits per heavy atom. The van der Waals surface area contributed by atoms with E-state index in [0.717, 1.165) is 71.8 Å². The number of rotatable bonds is 12. The number of aromatic nitrogens is 1. The van der Waals surface area contributed by atoms with Crippen molar-refractivity contribution in [3.63, 3.8) is 0 Å². The molecule has 1 aromatic heterocycles. The Balaban J connectivity index is 2.08. The van der Waals surface area contributed by atoms with Gasteiger partial charge in [0.05, 0.1) is 29.3 Å².